The second-order valence-electron chi connectivity index (χ2n) is 7.14. The maximum absolute atomic E-state index is 4.88. The maximum Gasteiger partial charge on any atom is 0.135 e. The first kappa shape index (κ1) is 17.9. The molecule has 0 radical (unpaired) electrons. The van der Waals surface area contributed by atoms with Crippen molar-refractivity contribution in [3.63, 3.8) is 0 Å². The van der Waals surface area contributed by atoms with Gasteiger partial charge in [-0.05, 0) is 32.4 Å². The Balaban J connectivity index is 1.47. The Labute approximate surface area is 160 Å². The summed E-state index contributed by atoms with van der Waals surface area (Å²) in [6, 6.07) is 8.42. The van der Waals surface area contributed by atoms with Gasteiger partial charge in [0, 0.05) is 44.5 Å². The molecule has 0 unspecified atom stereocenters. The summed E-state index contributed by atoms with van der Waals surface area (Å²) in [5.41, 5.74) is 3.57. The average Bonchev–Trinajstić information content (AvgIpc) is 3.05. The Morgan fingerprint density at radius 2 is 1.78 bits per heavy atom. The van der Waals surface area contributed by atoms with Crippen LogP contribution in [-0.2, 0) is 19.5 Å². The topological polar surface area (TPSA) is 50.1 Å². The predicted octanol–water partition coefficient (Wildman–Crippen LogP) is 3.04. The second-order valence-corrected chi connectivity index (χ2v) is 7.14. The number of fused-ring (bicyclic) bond motifs is 1. The van der Waals surface area contributed by atoms with Gasteiger partial charge in [0.15, 0.2) is 0 Å². The van der Waals surface area contributed by atoms with E-state index in [2.05, 4.69) is 57.5 Å². The van der Waals surface area contributed by atoms with Crippen LogP contribution < -0.4 is 4.90 Å². The van der Waals surface area contributed by atoms with Gasteiger partial charge in [-0.25, -0.2) is 15.0 Å². The molecule has 1 aromatic carbocycles. The summed E-state index contributed by atoms with van der Waals surface area (Å²) in [4.78, 5) is 18.9. The highest BCUT2D eigenvalue weighted by molar-refractivity contribution is 5.75. The van der Waals surface area contributed by atoms with Crippen molar-refractivity contribution in [3.8, 4) is 0 Å². The Kier molecular flexibility index (Phi) is 5.07. The lowest BCUT2D eigenvalue weighted by Crippen LogP contribution is -2.47. The summed E-state index contributed by atoms with van der Waals surface area (Å²) in [7, 11) is 0. The van der Waals surface area contributed by atoms with E-state index in [0.717, 1.165) is 62.8 Å². The molecule has 0 N–H and O–H groups in total. The Morgan fingerprint density at radius 1 is 1.00 bits per heavy atom. The summed E-state index contributed by atoms with van der Waals surface area (Å²) in [6.07, 6.45) is 2.95. The van der Waals surface area contributed by atoms with E-state index in [9.17, 15) is 0 Å². The minimum absolute atomic E-state index is 0.848. The minimum Gasteiger partial charge on any atom is -0.354 e. The lowest BCUT2D eigenvalue weighted by molar-refractivity contribution is 0.240. The van der Waals surface area contributed by atoms with E-state index in [1.54, 1.807) is 0 Å². The van der Waals surface area contributed by atoms with Crippen molar-refractivity contribution >= 4 is 16.9 Å². The van der Waals surface area contributed by atoms with Crippen LogP contribution in [0.15, 0.2) is 30.5 Å². The number of hydrogen-bond donors (Lipinski definition) is 0. The highest BCUT2D eigenvalue weighted by Crippen LogP contribution is 2.21. The number of piperazine rings is 1. The highest BCUT2D eigenvalue weighted by Gasteiger charge is 2.22. The number of rotatable bonds is 5. The summed E-state index contributed by atoms with van der Waals surface area (Å²) in [6.45, 7) is 12.2. The molecule has 3 aromatic rings. The highest BCUT2D eigenvalue weighted by atomic mass is 15.3. The number of benzene rings is 1. The van der Waals surface area contributed by atoms with Gasteiger partial charge in [-0.1, -0.05) is 19.1 Å². The smallest absolute Gasteiger partial charge is 0.135 e. The number of anilines is 1. The van der Waals surface area contributed by atoms with E-state index in [1.807, 2.05) is 13.1 Å². The number of aromatic nitrogens is 4. The van der Waals surface area contributed by atoms with Crippen molar-refractivity contribution in [1.29, 1.82) is 0 Å². The number of hydrogen-bond acceptors (Lipinski definition) is 5. The molecule has 4 rings (SSSR count). The number of nitrogens with zero attached hydrogens (tertiary/aromatic N) is 6. The fraction of sp³-hybridized carbons (Fsp3) is 0.476. The lowest BCUT2D eigenvalue weighted by Gasteiger charge is -2.36. The number of para-hydroxylation sites is 2. The molecule has 1 fully saturated rings. The number of imidazole rings is 1. The minimum atomic E-state index is 0.848. The summed E-state index contributed by atoms with van der Waals surface area (Å²) >= 11 is 0. The molecular formula is C21H28N6. The van der Waals surface area contributed by atoms with Crippen molar-refractivity contribution in [3.05, 3.63) is 47.7 Å². The Morgan fingerprint density at radius 3 is 2.52 bits per heavy atom. The molecule has 6 nitrogen and oxygen atoms in total. The normalized spacial score (nSPS) is 15.6. The van der Waals surface area contributed by atoms with E-state index in [-0.39, 0.29) is 0 Å². The first-order valence-electron chi connectivity index (χ1n) is 9.93. The van der Waals surface area contributed by atoms with Gasteiger partial charge in [0.05, 0.1) is 17.6 Å². The van der Waals surface area contributed by atoms with Crippen molar-refractivity contribution < 1.29 is 0 Å². The van der Waals surface area contributed by atoms with Crippen LogP contribution in [0.5, 0.6) is 0 Å². The molecule has 1 aliphatic heterocycles. The molecule has 6 heteroatoms. The van der Waals surface area contributed by atoms with E-state index < -0.39 is 0 Å². The van der Waals surface area contributed by atoms with Crippen molar-refractivity contribution in [2.75, 3.05) is 31.1 Å². The molecular weight excluding hydrogens is 336 g/mol. The predicted molar refractivity (Wildman–Crippen MR) is 109 cm³/mol. The molecule has 142 valence electrons. The van der Waals surface area contributed by atoms with Crippen LogP contribution in [0, 0.1) is 6.92 Å². The summed E-state index contributed by atoms with van der Waals surface area (Å²) in [5, 5.41) is 0. The fourth-order valence-corrected chi connectivity index (χ4v) is 3.92. The molecule has 1 aliphatic rings. The van der Waals surface area contributed by atoms with Gasteiger partial charge >= 0.3 is 0 Å². The molecule has 0 atom stereocenters. The van der Waals surface area contributed by atoms with Gasteiger partial charge in [0.25, 0.3) is 0 Å². The largest absolute Gasteiger partial charge is 0.354 e. The maximum atomic E-state index is 4.88. The number of aryl methyl sites for hydroxylation is 3. The molecule has 0 bridgehead atoms. The van der Waals surface area contributed by atoms with Gasteiger partial charge in [-0.15, -0.1) is 0 Å². The standard InChI is InChI=1S/C21H28N6/c1-4-17-14-22-16(3)23-21(17)26-12-10-25(11-13-26)15-20-24-18-8-6-7-9-19(18)27(20)5-2/h6-9,14H,4-5,10-13,15H2,1-3H3. The van der Waals surface area contributed by atoms with E-state index in [0.29, 0.717) is 0 Å². The first-order chi connectivity index (χ1) is 13.2. The van der Waals surface area contributed by atoms with Gasteiger partial charge < -0.3 is 9.47 Å². The van der Waals surface area contributed by atoms with E-state index >= 15 is 0 Å². The monoisotopic (exact) mass is 364 g/mol. The lowest BCUT2D eigenvalue weighted by atomic mass is 10.2. The zero-order chi connectivity index (χ0) is 18.8. The summed E-state index contributed by atoms with van der Waals surface area (Å²) in [5.74, 6) is 3.13. The summed E-state index contributed by atoms with van der Waals surface area (Å²) < 4.78 is 2.34. The first-order valence-corrected chi connectivity index (χ1v) is 9.93. The second kappa shape index (κ2) is 7.64. The van der Waals surface area contributed by atoms with Gasteiger partial charge in [-0.3, -0.25) is 4.90 Å². The van der Waals surface area contributed by atoms with Crippen LogP contribution in [-0.4, -0.2) is 50.6 Å². The van der Waals surface area contributed by atoms with Crippen molar-refractivity contribution in [2.24, 2.45) is 0 Å². The third-order valence-corrected chi connectivity index (χ3v) is 5.43. The Hall–Kier alpha value is -2.47. The fourth-order valence-electron chi connectivity index (χ4n) is 3.92. The molecule has 2 aromatic heterocycles. The molecule has 1 saturated heterocycles. The SMILES string of the molecule is CCc1cnc(C)nc1N1CCN(Cc2nc3ccccc3n2CC)CC1. The van der Waals surface area contributed by atoms with E-state index in [1.165, 1.54) is 16.9 Å². The van der Waals surface area contributed by atoms with Crippen molar-refractivity contribution in [2.45, 2.75) is 40.3 Å². The van der Waals surface area contributed by atoms with Crippen molar-refractivity contribution in [1.82, 2.24) is 24.4 Å². The van der Waals surface area contributed by atoms with Crippen LogP contribution in [0.25, 0.3) is 11.0 Å². The molecule has 0 aliphatic carbocycles. The third-order valence-electron chi connectivity index (χ3n) is 5.43. The molecule has 0 saturated carbocycles. The van der Waals surface area contributed by atoms with E-state index in [4.69, 9.17) is 9.97 Å². The zero-order valence-electron chi connectivity index (χ0n) is 16.5. The van der Waals surface area contributed by atoms with Crippen LogP contribution >= 0.6 is 0 Å². The molecule has 0 amide bonds. The van der Waals surface area contributed by atoms with Crippen LogP contribution in [0.4, 0.5) is 5.82 Å². The average molecular weight is 364 g/mol. The molecule has 0 spiro atoms. The third kappa shape index (κ3) is 3.54. The van der Waals surface area contributed by atoms with Gasteiger partial charge in [0.2, 0.25) is 0 Å². The Bertz CT molecular complexity index is 924. The van der Waals surface area contributed by atoms with Gasteiger partial charge in [0.1, 0.15) is 17.5 Å². The van der Waals surface area contributed by atoms with Crippen LogP contribution in [0.2, 0.25) is 0 Å². The van der Waals surface area contributed by atoms with Crippen LogP contribution in [0.3, 0.4) is 0 Å². The van der Waals surface area contributed by atoms with Gasteiger partial charge in [-0.2, -0.15) is 0 Å². The molecule has 27 heavy (non-hydrogen) atoms. The zero-order valence-corrected chi connectivity index (χ0v) is 16.5. The molecule has 3 heterocycles. The quantitative estimate of drug-likeness (QED) is 0.696. The van der Waals surface area contributed by atoms with Crippen LogP contribution in [0.1, 0.15) is 31.1 Å².